The van der Waals surface area contributed by atoms with Crippen molar-refractivity contribution in [3.8, 4) is 0 Å². The lowest BCUT2D eigenvalue weighted by Gasteiger charge is -2.38. The maximum Gasteiger partial charge on any atom is 0.251 e. The molecule has 3 aliphatic heterocycles. The molecule has 0 aromatic heterocycles. The number of nitrogens with zero attached hydrogens (tertiary/aromatic N) is 4. The Morgan fingerprint density at radius 2 is 1.49 bits per heavy atom. The van der Waals surface area contributed by atoms with Crippen LogP contribution in [0.4, 0.5) is 17.1 Å². The number of likely N-dealkylation sites (tertiary alicyclic amines) is 1. The monoisotopic (exact) mass is 658 g/mol. The number of para-hydroxylation sites is 1. The van der Waals surface area contributed by atoms with Gasteiger partial charge < -0.3 is 24.7 Å². The van der Waals surface area contributed by atoms with E-state index >= 15 is 0 Å². The van der Waals surface area contributed by atoms with Crippen LogP contribution in [0, 0.1) is 11.8 Å². The summed E-state index contributed by atoms with van der Waals surface area (Å²) in [6.45, 7) is 17.1. The predicted octanol–water partition coefficient (Wildman–Crippen LogP) is 5.91. The van der Waals surface area contributed by atoms with Gasteiger partial charge in [0.05, 0.1) is 16.6 Å². The van der Waals surface area contributed by atoms with E-state index in [1.54, 1.807) is 38.6 Å². The molecule has 0 saturated carbocycles. The number of unbranched alkanes of at least 4 members (excludes halogenated alkanes) is 2. The zero-order valence-electron chi connectivity index (χ0n) is 28.1. The number of aliphatic hydroxyl groups is 1. The van der Waals surface area contributed by atoms with E-state index in [0.29, 0.717) is 38.9 Å². The van der Waals surface area contributed by atoms with Gasteiger partial charge in [-0.25, -0.2) is 0 Å². The Kier molecular flexibility index (Phi) is 10.9. The van der Waals surface area contributed by atoms with Crippen LogP contribution in [-0.2, 0) is 14.4 Å². The van der Waals surface area contributed by atoms with E-state index in [2.05, 4.69) is 38.8 Å². The lowest BCUT2D eigenvalue weighted by molar-refractivity contribution is -0.139. The fraction of sp³-hybridized carbons (Fsp3) is 0.500. The molecule has 3 fully saturated rings. The van der Waals surface area contributed by atoms with Crippen molar-refractivity contribution < 1.29 is 19.5 Å². The van der Waals surface area contributed by atoms with E-state index in [-0.39, 0.29) is 24.3 Å². The quantitative estimate of drug-likeness (QED) is 0.178. The summed E-state index contributed by atoms with van der Waals surface area (Å²) in [5.74, 6) is -1.52. The van der Waals surface area contributed by atoms with Crippen LogP contribution in [-0.4, -0.2) is 82.6 Å². The van der Waals surface area contributed by atoms with Crippen LogP contribution in [0.5, 0.6) is 0 Å². The van der Waals surface area contributed by atoms with Gasteiger partial charge in [-0.05, 0) is 89.3 Å². The molecule has 1 N–H and O–H groups in total. The molecule has 252 valence electrons. The Bertz CT molecular complexity index is 1450. The summed E-state index contributed by atoms with van der Waals surface area (Å²) in [7, 11) is 0. The van der Waals surface area contributed by atoms with E-state index < -0.39 is 27.4 Å². The minimum Gasteiger partial charge on any atom is -0.396 e. The van der Waals surface area contributed by atoms with Gasteiger partial charge in [-0.3, -0.25) is 14.4 Å². The highest BCUT2D eigenvalue weighted by molar-refractivity contribution is 8.02. The average molecular weight is 659 g/mol. The summed E-state index contributed by atoms with van der Waals surface area (Å²) in [6, 6.07) is 16.9. The highest BCUT2D eigenvalue weighted by Gasteiger charge is 2.77. The number of carbonyl (C=O) groups excluding carboxylic acids is 3. The Labute approximate surface area is 284 Å². The molecule has 47 heavy (non-hydrogen) atoms. The molecule has 5 rings (SSSR count). The lowest BCUT2D eigenvalue weighted by Crippen LogP contribution is -2.55. The molecule has 5 atom stereocenters. The van der Waals surface area contributed by atoms with Crippen LogP contribution in [0.1, 0.15) is 52.9 Å². The van der Waals surface area contributed by atoms with Crippen molar-refractivity contribution >= 4 is 46.5 Å². The highest BCUT2D eigenvalue weighted by Crippen LogP contribution is 2.71. The third-order valence-electron chi connectivity index (χ3n) is 10.3. The Morgan fingerprint density at radius 1 is 0.894 bits per heavy atom. The molecule has 3 aliphatic rings. The van der Waals surface area contributed by atoms with E-state index in [9.17, 15) is 19.5 Å². The normalized spacial score (nSPS) is 25.8. The third kappa shape index (κ3) is 6.24. The summed E-state index contributed by atoms with van der Waals surface area (Å²) in [5, 5.41) is 9.42. The van der Waals surface area contributed by atoms with Gasteiger partial charge in [-0.15, -0.1) is 24.9 Å². The molecule has 2 aromatic carbocycles. The van der Waals surface area contributed by atoms with Crippen molar-refractivity contribution in [2.45, 2.75) is 68.4 Å². The topological polar surface area (TPSA) is 84.4 Å². The lowest BCUT2D eigenvalue weighted by atomic mass is 9.66. The van der Waals surface area contributed by atoms with Crippen molar-refractivity contribution in [1.82, 2.24) is 4.90 Å². The van der Waals surface area contributed by atoms with E-state index in [1.807, 2.05) is 54.6 Å². The van der Waals surface area contributed by atoms with Crippen molar-refractivity contribution in [3.63, 3.8) is 0 Å². The first-order chi connectivity index (χ1) is 22.7. The molecule has 0 aliphatic carbocycles. The van der Waals surface area contributed by atoms with Gasteiger partial charge in [0.25, 0.3) is 5.91 Å². The minimum absolute atomic E-state index is 0.0862. The number of hydrogen-bond acceptors (Lipinski definition) is 6. The molecule has 8 nitrogen and oxygen atoms in total. The first-order valence-corrected chi connectivity index (χ1v) is 17.9. The SMILES string of the molecule is C=CCN(C(=O)C1N(CCCCCO)C(=O)[C@@H]2[C@@H](C(=O)N(CC=C)c3ccccc3)[C@@]3(C)CCC12S3)c1ccc(N(CC)CC)cc1. The summed E-state index contributed by atoms with van der Waals surface area (Å²) < 4.78 is -1.21. The number of benzene rings is 2. The molecule has 3 amide bonds. The highest BCUT2D eigenvalue weighted by atomic mass is 32.2. The fourth-order valence-electron chi connectivity index (χ4n) is 8.15. The number of fused-ring (bicyclic) bond motifs is 1. The average Bonchev–Trinajstić information content (AvgIpc) is 3.65. The Morgan fingerprint density at radius 3 is 2.09 bits per heavy atom. The van der Waals surface area contributed by atoms with E-state index in [4.69, 9.17) is 0 Å². The van der Waals surface area contributed by atoms with E-state index in [1.165, 1.54) is 0 Å². The van der Waals surface area contributed by atoms with Crippen LogP contribution in [0.2, 0.25) is 0 Å². The van der Waals surface area contributed by atoms with Gasteiger partial charge in [-0.2, -0.15) is 0 Å². The number of rotatable bonds is 16. The smallest absolute Gasteiger partial charge is 0.251 e. The molecule has 2 bridgehead atoms. The van der Waals surface area contributed by atoms with Gasteiger partial charge in [0.1, 0.15) is 6.04 Å². The van der Waals surface area contributed by atoms with Crippen LogP contribution >= 0.6 is 11.8 Å². The standard InChI is InChI=1S/C38H50N4O4S/c1-6-24-40(29-16-12-10-13-17-29)34(44)31-32-35(45)42(26-14-11-15-27-43)33(38(32)23-22-37(31,5)47-38)36(46)41(25-7-2)30-20-18-28(19-21-30)39(8-3)9-4/h6-7,10,12-13,16-21,31-33,43H,1-2,8-9,11,14-15,22-27H2,3-5H3/t31-,32-,33?,37+,38?/m0/s1. The minimum atomic E-state index is -0.725. The molecular formula is C38H50N4O4S. The molecule has 2 unspecified atom stereocenters. The van der Waals surface area contributed by atoms with Crippen LogP contribution < -0.4 is 14.7 Å². The van der Waals surface area contributed by atoms with Crippen LogP contribution in [0.25, 0.3) is 0 Å². The first-order valence-electron chi connectivity index (χ1n) is 17.1. The van der Waals surface area contributed by atoms with Crippen LogP contribution in [0.15, 0.2) is 79.9 Å². The van der Waals surface area contributed by atoms with Crippen molar-refractivity contribution in [1.29, 1.82) is 0 Å². The molecule has 2 aromatic rings. The van der Waals surface area contributed by atoms with Crippen LogP contribution in [0.3, 0.4) is 0 Å². The van der Waals surface area contributed by atoms with Gasteiger partial charge in [-0.1, -0.05) is 30.4 Å². The molecule has 9 heteroatoms. The first kappa shape index (κ1) is 34.8. The summed E-state index contributed by atoms with van der Waals surface area (Å²) in [6.07, 6.45) is 6.94. The molecule has 0 radical (unpaired) electrons. The maximum absolute atomic E-state index is 15.0. The summed E-state index contributed by atoms with van der Waals surface area (Å²) in [5.41, 5.74) is 2.62. The maximum atomic E-state index is 15.0. The van der Waals surface area contributed by atoms with E-state index in [0.717, 1.165) is 43.0 Å². The molecule has 3 saturated heterocycles. The van der Waals surface area contributed by atoms with Crippen molar-refractivity contribution in [2.75, 3.05) is 54.0 Å². The molecular weight excluding hydrogens is 609 g/mol. The zero-order chi connectivity index (χ0) is 33.8. The second-order valence-electron chi connectivity index (χ2n) is 13.0. The third-order valence-corrected chi connectivity index (χ3v) is 12.3. The summed E-state index contributed by atoms with van der Waals surface area (Å²) in [4.78, 5) is 51.9. The number of aliphatic hydroxyl groups excluding tert-OH is 1. The number of carbonyl (C=O) groups is 3. The van der Waals surface area contributed by atoms with Gasteiger partial charge in [0.2, 0.25) is 11.8 Å². The fourth-order valence-corrected chi connectivity index (χ4v) is 10.5. The number of amides is 3. The number of hydrogen-bond donors (Lipinski definition) is 1. The van der Waals surface area contributed by atoms with Crippen molar-refractivity contribution in [2.24, 2.45) is 11.8 Å². The number of thioether (sulfide) groups is 1. The Hall–Kier alpha value is -3.56. The Balaban J connectivity index is 1.55. The second-order valence-corrected chi connectivity index (χ2v) is 14.9. The second kappa shape index (κ2) is 14.7. The van der Waals surface area contributed by atoms with Crippen molar-refractivity contribution in [3.05, 3.63) is 79.9 Å². The number of anilines is 3. The zero-order valence-corrected chi connectivity index (χ0v) is 29.0. The van der Waals surface area contributed by atoms with Gasteiger partial charge in [0, 0.05) is 61.1 Å². The largest absolute Gasteiger partial charge is 0.396 e. The molecule has 1 spiro atoms. The van der Waals surface area contributed by atoms with Gasteiger partial charge >= 0.3 is 0 Å². The van der Waals surface area contributed by atoms with Gasteiger partial charge in [0.15, 0.2) is 0 Å². The summed E-state index contributed by atoms with van der Waals surface area (Å²) >= 11 is 1.69. The molecule has 3 heterocycles. The predicted molar refractivity (Wildman–Crippen MR) is 193 cm³/mol.